The Hall–Kier alpha value is -4.79. The van der Waals surface area contributed by atoms with Crippen molar-refractivity contribution in [3.63, 3.8) is 0 Å². The minimum Gasteiger partial charge on any atom is -0.449 e. The summed E-state index contributed by atoms with van der Waals surface area (Å²) in [6.07, 6.45) is 2.16. The number of fused-ring (bicyclic) bond motifs is 3. The predicted molar refractivity (Wildman–Crippen MR) is 136 cm³/mol. The number of carbonyl (C=O) groups is 2. The van der Waals surface area contributed by atoms with Crippen LogP contribution in [-0.4, -0.2) is 21.8 Å². The minimum atomic E-state index is -1.18. The molecule has 9 heteroatoms. The Morgan fingerprint density at radius 2 is 1.65 bits per heavy atom. The Balaban J connectivity index is 1.18. The molecule has 0 spiro atoms. The Kier molecular flexibility index (Phi) is 5.33. The van der Waals surface area contributed by atoms with E-state index in [1.165, 1.54) is 18.5 Å². The lowest BCUT2D eigenvalue weighted by Gasteiger charge is -2.16. The molecule has 1 aliphatic carbocycles. The average Bonchev–Trinajstić information content (AvgIpc) is 3.63. The fourth-order valence-corrected chi connectivity index (χ4v) is 4.16. The predicted octanol–water partition coefficient (Wildman–Crippen LogP) is 5.97. The minimum absolute atomic E-state index is 0.0709. The highest BCUT2D eigenvalue weighted by Gasteiger charge is 2.56. The molecule has 37 heavy (non-hydrogen) atoms. The van der Waals surface area contributed by atoms with Crippen molar-refractivity contribution in [1.29, 1.82) is 0 Å². The SMILES string of the molecule is Cc1ccc(NC(=O)C2(C(=O)Nc3ccc(Oc4ncnc5c4oc4ccccc45)c(F)c3)CC2)cc1. The summed E-state index contributed by atoms with van der Waals surface area (Å²) >= 11 is 0. The number of nitrogens with one attached hydrogen (secondary N) is 2. The molecule has 184 valence electrons. The number of carbonyl (C=O) groups excluding carboxylic acids is 2. The lowest BCUT2D eigenvalue weighted by Crippen LogP contribution is -2.35. The van der Waals surface area contributed by atoms with Gasteiger partial charge in [-0.1, -0.05) is 29.8 Å². The van der Waals surface area contributed by atoms with Crippen LogP contribution in [0.4, 0.5) is 15.8 Å². The second-order valence-corrected chi connectivity index (χ2v) is 9.06. The first kappa shape index (κ1) is 22.7. The summed E-state index contributed by atoms with van der Waals surface area (Å²) in [4.78, 5) is 34.1. The molecule has 2 amide bonds. The zero-order chi connectivity index (χ0) is 25.6. The van der Waals surface area contributed by atoms with Crippen LogP contribution in [0.5, 0.6) is 11.6 Å². The highest BCUT2D eigenvalue weighted by Crippen LogP contribution is 2.47. The number of rotatable bonds is 6. The molecule has 0 unspecified atom stereocenters. The molecule has 0 radical (unpaired) electrons. The number of hydrogen-bond donors (Lipinski definition) is 2. The monoisotopic (exact) mass is 496 g/mol. The van der Waals surface area contributed by atoms with Gasteiger partial charge in [-0.15, -0.1) is 0 Å². The number of para-hydroxylation sites is 1. The zero-order valence-corrected chi connectivity index (χ0v) is 19.7. The van der Waals surface area contributed by atoms with E-state index in [-0.39, 0.29) is 23.2 Å². The summed E-state index contributed by atoms with van der Waals surface area (Å²) in [7, 11) is 0. The van der Waals surface area contributed by atoms with Gasteiger partial charge in [0.25, 0.3) is 5.88 Å². The third kappa shape index (κ3) is 4.14. The maximum atomic E-state index is 15.0. The van der Waals surface area contributed by atoms with E-state index in [9.17, 15) is 14.0 Å². The molecule has 8 nitrogen and oxygen atoms in total. The molecule has 1 saturated carbocycles. The fraction of sp³-hybridized carbons (Fsp3) is 0.143. The van der Waals surface area contributed by atoms with Crippen LogP contribution >= 0.6 is 0 Å². The van der Waals surface area contributed by atoms with E-state index in [1.807, 2.05) is 37.3 Å². The average molecular weight is 496 g/mol. The molecule has 0 saturated heterocycles. The normalized spacial score (nSPS) is 13.9. The van der Waals surface area contributed by atoms with Crippen molar-refractivity contribution >= 4 is 45.3 Å². The van der Waals surface area contributed by atoms with Crippen molar-refractivity contribution in [3.05, 3.63) is 84.4 Å². The fourth-order valence-electron chi connectivity index (χ4n) is 4.16. The van der Waals surface area contributed by atoms with Crippen LogP contribution < -0.4 is 15.4 Å². The Morgan fingerprint density at radius 3 is 2.38 bits per heavy atom. The number of amides is 2. The second-order valence-electron chi connectivity index (χ2n) is 9.06. The number of aryl methyl sites for hydroxylation is 1. The smallest absolute Gasteiger partial charge is 0.267 e. The molecule has 1 fully saturated rings. The van der Waals surface area contributed by atoms with Gasteiger partial charge in [0.2, 0.25) is 17.4 Å². The summed E-state index contributed by atoms with van der Waals surface area (Å²) in [5, 5.41) is 6.25. The van der Waals surface area contributed by atoms with Crippen molar-refractivity contribution in [2.45, 2.75) is 19.8 Å². The molecular weight excluding hydrogens is 475 g/mol. The Labute approximate surface area is 210 Å². The van der Waals surface area contributed by atoms with Gasteiger partial charge >= 0.3 is 0 Å². The van der Waals surface area contributed by atoms with E-state index in [1.54, 1.807) is 18.2 Å². The van der Waals surface area contributed by atoms with Gasteiger partial charge in [0, 0.05) is 22.8 Å². The van der Waals surface area contributed by atoms with Crippen LogP contribution in [0.15, 0.2) is 77.5 Å². The molecule has 0 bridgehead atoms. The van der Waals surface area contributed by atoms with E-state index >= 15 is 0 Å². The van der Waals surface area contributed by atoms with Crippen LogP contribution in [0.25, 0.3) is 22.1 Å². The highest BCUT2D eigenvalue weighted by atomic mass is 19.1. The van der Waals surface area contributed by atoms with Gasteiger partial charge in [-0.25, -0.2) is 9.37 Å². The number of nitrogens with zero attached hydrogens (tertiary/aromatic N) is 2. The van der Waals surface area contributed by atoms with E-state index < -0.39 is 17.1 Å². The number of halogens is 1. The van der Waals surface area contributed by atoms with Crippen molar-refractivity contribution in [2.75, 3.05) is 10.6 Å². The largest absolute Gasteiger partial charge is 0.449 e. The van der Waals surface area contributed by atoms with Gasteiger partial charge in [0.05, 0.1) is 0 Å². The van der Waals surface area contributed by atoms with Crippen molar-refractivity contribution < 1.29 is 23.1 Å². The number of furan rings is 1. The van der Waals surface area contributed by atoms with E-state index in [4.69, 9.17) is 9.15 Å². The number of aromatic nitrogens is 2. The third-order valence-electron chi connectivity index (χ3n) is 6.45. The standard InChI is InChI=1S/C28H21FN4O4/c1-16-6-8-17(9-7-16)32-26(34)28(12-13-28)27(35)33-18-10-11-22(20(29)14-18)37-25-24-23(30-15-31-25)19-4-2-3-5-21(19)36-24/h2-11,14-15H,12-13H2,1H3,(H,32,34)(H,33,35). The summed E-state index contributed by atoms with van der Waals surface area (Å²) in [5.41, 5.74) is 2.19. The Morgan fingerprint density at radius 1 is 0.946 bits per heavy atom. The first-order chi connectivity index (χ1) is 17.9. The number of hydrogen-bond acceptors (Lipinski definition) is 6. The van der Waals surface area contributed by atoms with Gasteiger partial charge in [-0.2, -0.15) is 4.98 Å². The van der Waals surface area contributed by atoms with Gasteiger partial charge in [0.15, 0.2) is 11.6 Å². The van der Waals surface area contributed by atoms with Gasteiger partial charge in [-0.05, 0) is 56.2 Å². The molecule has 2 aromatic heterocycles. The van der Waals surface area contributed by atoms with Crippen LogP contribution in [0.1, 0.15) is 18.4 Å². The molecular formula is C28H21FN4O4. The first-order valence-electron chi connectivity index (χ1n) is 11.7. The number of anilines is 2. The summed E-state index contributed by atoms with van der Waals surface area (Å²) in [6, 6.07) is 18.7. The van der Waals surface area contributed by atoms with Crippen LogP contribution in [0.3, 0.4) is 0 Å². The highest BCUT2D eigenvalue weighted by molar-refractivity contribution is 6.17. The van der Waals surface area contributed by atoms with Crippen molar-refractivity contribution in [2.24, 2.45) is 5.41 Å². The molecule has 0 atom stereocenters. The zero-order valence-electron chi connectivity index (χ0n) is 19.7. The lowest BCUT2D eigenvalue weighted by atomic mass is 10.0. The Bertz CT molecular complexity index is 1680. The molecule has 6 rings (SSSR count). The van der Waals surface area contributed by atoms with Gasteiger partial charge in [0.1, 0.15) is 22.8 Å². The molecule has 2 heterocycles. The number of benzene rings is 3. The maximum Gasteiger partial charge on any atom is 0.267 e. The van der Waals surface area contributed by atoms with Crippen LogP contribution in [0.2, 0.25) is 0 Å². The van der Waals surface area contributed by atoms with Gasteiger partial charge < -0.3 is 19.8 Å². The van der Waals surface area contributed by atoms with E-state index in [0.29, 0.717) is 35.2 Å². The molecule has 5 aromatic rings. The van der Waals surface area contributed by atoms with Crippen LogP contribution in [-0.2, 0) is 9.59 Å². The molecule has 0 aliphatic heterocycles. The topological polar surface area (TPSA) is 106 Å². The van der Waals surface area contributed by atoms with E-state index in [0.717, 1.165) is 17.0 Å². The molecule has 2 N–H and O–H groups in total. The first-order valence-corrected chi connectivity index (χ1v) is 11.7. The lowest BCUT2D eigenvalue weighted by molar-refractivity contribution is -0.131. The van der Waals surface area contributed by atoms with Crippen molar-refractivity contribution in [3.8, 4) is 11.6 Å². The van der Waals surface area contributed by atoms with Crippen molar-refractivity contribution in [1.82, 2.24) is 9.97 Å². The van der Waals surface area contributed by atoms with Crippen LogP contribution in [0, 0.1) is 18.2 Å². The maximum absolute atomic E-state index is 15.0. The van der Waals surface area contributed by atoms with E-state index in [2.05, 4.69) is 20.6 Å². The summed E-state index contributed by atoms with van der Waals surface area (Å²) in [6.45, 7) is 1.95. The van der Waals surface area contributed by atoms with Gasteiger partial charge in [-0.3, -0.25) is 9.59 Å². The summed E-state index contributed by atoms with van der Waals surface area (Å²) < 4.78 is 26.5. The third-order valence-corrected chi connectivity index (χ3v) is 6.45. The molecule has 1 aliphatic rings. The second kappa shape index (κ2) is 8.70. The summed E-state index contributed by atoms with van der Waals surface area (Å²) in [5.74, 6) is -1.61. The quantitative estimate of drug-likeness (QED) is 0.281. The number of ether oxygens (including phenoxy) is 1. The molecule has 3 aromatic carbocycles.